The number of nitrogens with one attached hydrogen (secondary N) is 1. The molecule has 3 aromatic rings. The number of thioether (sulfide) groups is 1. The van der Waals surface area contributed by atoms with Gasteiger partial charge in [-0.3, -0.25) is 9.10 Å². The molecular weight excluding hydrogens is 468 g/mol. The molecule has 0 unspecified atom stereocenters. The molecule has 180 valence electrons. The molecular formula is C26H30N2O4S2. The minimum Gasteiger partial charge on any atom is -0.497 e. The van der Waals surface area contributed by atoms with E-state index in [-0.39, 0.29) is 17.3 Å². The second-order valence-electron chi connectivity index (χ2n) is 7.91. The van der Waals surface area contributed by atoms with E-state index in [4.69, 9.17) is 4.74 Å². The summed E-state index contributed by atoms with van der Waals surface area (Å²) in [6, 6.07) is 21.6. The van der Waals surface area contributed by atoms with Crippen molar-refractivity contribution in [3.63, 3.8) is 0 Å². The van der Waals surface area contributed by atoms with Crippen LogP contribution in [0.2, 0.25) is 0 Å². The molecule has 0 heterocycles. The molecule has 0 spiro atoms. The molecule has 6 nitrogen and oxygen atoms in total. The monoisotopic (exact) mass is 498 g/mol. The van der Waals surface area contributed by atoms with E-state index in [0.29, 0.717) is 18.0 Å². The van der Waals surface area contributed by atoms with Crippen LogP contribution in [0.1, 0.15) is 16.7 Å². The van der Waals surface area contributed by atoms with Crippen LogP contribution in [0, 0.1) is 13.8 Å². The van der Waals surface area contributed by atoms with Gasteiger partial charge in [-0.25, -0.2) is 8.42 Å². The molecule has 3 aromatic carbocycles. The molecule has 0 saturated carbocycles. The molecule has 0 saturated heterocycles. The fourth-order valence-electron chi connectivity index (χ4n) is 3.24. The highest BCUT2D eigenvalue weighted by molar-refractivity contribution is 7.98. The van der Waals surface area contributed by atoms with Crippen LogP contribution in [0.4, 0.5) is 5.69 Å². The highest BCUT2D eigenvalue weighted by Crippen LogP contribution is 2.27. The summed E-state index contributed by atoms with van der Waals surface area (Å²) in [5, 5.41) is 2.84. The second-order valence-corrected chi connectivity index (χ2v) is 10.9. The van der Waals surface area contributed by atoms with E-state index < -0.39 is 10.0 Å². The molecule has 0 bridgehead atoms. The molecule has 0 aliphatic heterocycles. The molecule has 8 heteroatoms. The predicted molar refractivity (Wildman–Crippen MR) is 139 cm³/mol. The summed E-state index contributed by atoms with van der Waals surface area (Å²) in [5.74, 6) is 1.72. The van der Waals surface area contributed by atoms with Gasteiger partial charge in [-0.05, 0) is 43.7 Å². The topological polar surface area (TPSA) is 75.7 Å². The van der Waals surface area contributed by atoms with Crippen molar-refractivity contribution in [3.8, 4) is 5.75 Å². The van der Waals surface area contributed by atoms with Crippen LogP contribution in [-0.2, 0) is 20.6 Å². The molecule has 0 aromatic heterocycles. The van der Waals surface area contributed by atoms with Crippen LogP contribution in [0.15, 0.2) is 77.7 Å². The zero-order valence-corrected chi connectivity index (χ0v) is 21.3. The van der Waals surface area contributed by atoms with Gasteiger partial charge in [0, 0.05) is 24.1 Å². The van der Waals surface area contributed by atoms with Gasteiger partial charge in [-0.15, -0.1) is 0 Å². The van der Waals surface area contributed by atoms with Gasteiger partial charge in [-0.1, -0.05) is 53.6 Å². The minimum atomic E-state index is -3.95. The average Bonchev–Trinajstić information content (AvgIpc) is 2.83. The summed E-state index contributed by atoms with van der Waals surface area (Å²) in [5.41, 5.74) is 3.77. The summed E-state index contributed by atoms with van der Waals surface area (Å²) in [4.78, 5) is 12.9. The van der Waals surface area contributed by atoms with Crippen LogP contribution >= 0.6 is 11.8 Å². The molecule has 1 amide bonds. The van der Waals surface area contributed by atoms with Crippen molar-refractivity contribution >= 4 is 33.4 Å². The number of hydrogen-bond acceptors (Lipinski definition) is 5. The largest absolute Gasteiger partial charge is 0.497 e. The Morgan fingerprint density at radius 2 is 1.62 bits per heavy atom. The summed E-state index contributed by atoms with van der Waals surface area (Å²) in [6.45, 7) is 4.07. The first-order valence-corrected chi connectivity index (χ1v) is 13.5. The van der Waals surface area contributed by atoms with Gasteiger partial charge in [0.15, 0.2) is 0 Å². The summed E-state index contributed by atoms with van der Waals surface area (Å²) in [7, 11) is -2.44. The fourth-order valence-corrected chi connectivity index (χ4v) is 5.47. The Hall–Kier alpha value is -2.97. The first-order valence-electron chi connectivity index (χ1n) is 10.9. The van der Waals surface area contributed by atoms with Gasteiger partial charge < -0.3 is 10.1 Å². The fraction of sp³-hybridized carbons (Fsp3) is 0.269. The van der Waals surface area contributed by atoms with Gasteiger partial charge in [0.05, 0.1) is 17.7 Å². The number of amides is 1. The zero-order chi connectivity index (χ0) is 24.6. The van der Waals surface area contributed by atoms with E-state index in [1.54, 1.807) is 60.3 Å². The van der Waals surface area contributed by atoms with Crippen LogP contribution in [0.5, 0.6) is 5.75 Å². The number of nitrogens with zero attached hydrogens (tertiary/aromatic N) is 1. The highest BCUT2D eigenvalue weighted by atomic mass is 32.2. The van der Waals surface area contributed by atoms with E-state index in [0.717, 1.165) is 21.4 Å². The summed E-state index contributed by atoms with van der Waals surface area (Å²) in [6.07, 6.45) is 0. The number of methoxy groups -OCH3 is 1. The Balaban J connectivity index is 1.66. The maximum absolute atomic E-state index is 13.4. The van der Waals surface area contributed by atoms with Crippen molar-refractivity contribution in [3.05, 3.63) is 89.5 Å². The van der Waals surface area contributed by atoms with Gasteiger partial charge in [0.1, 0.15) is 12.3 Å². The lowest BCUT2D eigenvalue weighted by atomic mass is 10.2. The lowest BCUT2D eigenvalue weighted by molar-refractivity contribution is -0.119. The number of carbonyl (C=O) groups excluding carboxylic acids is 1. The molecule has 1 N–H and O–H groups in total. The maximum Gasteiger partial charge on any atom is 0.264 e. The third kappa shape index (κ3) is 7.01. The molecule has 0 radical (unpaired) electrons. The highest BCUT2D eigenvalue weighted by Gasteiger charge is 2.27. The second kappa shape index (κ2) is 11.9. The number of aryl methyl sites for hydroxylation is 2. The van der Waals surface area contributed by atoms with Crippen LogP contribution in [-0.4, -0.2) is 40.3 Å². The SMILES string of the molecule is COc1cccc(N(CC(=O)NCCSCc2ccc(C)cc2)S(=O)(=O)c2ccc(C)cc2)c1. The number of carbonyl (C=O) groups is 1. The number of hydrogen-bond donors (Lipinski definition) is 1. The van der Waals surface area contributed by atoms with Crippen molar-refractivity contribution < 1.29 is 17.9 Å². The number of ether oxygens (including phenoxy) is 1. The lowest BCUT2D eigenvalue weighted by Gasteiger charge is -2.24. The molecule has 0 aliphatic rings. The normalized spacial score (nSPS) is 11.1. The van der Waals surface area contributed by atoms with Gasteiger partial charge in [0.2, 0.25) is 5.91 Å². The van der Waals surface area contributed by atoms with Crippen LogP contribution in [0.25, 0.3) is 0 Å². The smallest absolute Gasteiger partial charge is 0.264 e. The molecule has 0 fully saturated rings. The quantitative estimate of drug-likeness (QED) is 0.393. The van der Waals surface area contributed by atoms with E-state index in [2.05, 4.69) is 36.5 Å². The zero-order valence-electron chi connectivity index (χ0n) is 19.7. The molecule has 0 aliphatic carbocycles. The van der Waals surface area contributed by atoms with Crippen LogP contribution < -0.4 is 14.4 Å². The third-order valence-corrected chi connectivity index (χ3v) is 8.01. The number of sulfonamides is 1. The van der Waals surface area contributed by atoms with Gasteiger partial charge in [-0.2, -0.15) is 11.8 Å². The number of benzene rings is 3. The summed E-state index contributed by atoms with van der Waals surface area (Å²) >= 11 is 1.72. The minimum absolute atomic E-state index is 0.127. The Morgan fingerprint density at radius 1 is 0.971 bits per heavy atom. The van der Waals surface area contributed by atoms with Crippen molar-refractivity contribution in [1.29, 1.82) is 0 Å². The average molecular weight is 499 g/mol. The standard InChI is InChI=1S/C26H30N2O4S2/c1-20-7-11-22(12-8-20)19-33-16-15-27-26(29)18-28(23-5-4-6-24(17-23)32-3)34(30,31)25-13-9-21(2)10-14-25/h4-14,17H,15-16,18-19H2,1-3H3,(H,27,29). The van der Waals surface area contributed by atoms with Crippen molar-refractivity contribution in [2.45, 2.75) is 24.5 Å². The Kier molecular flexibility index (Phi) is 9.01. The van der Waals surface area contributed by atoms with E-state index >= 15 is 0 Å². The third-order valence-electron chi connectivity index (χ3n) is 5.20. The van der Waals surface area contributed by atoms with Crippen molar-refractivity contribution in [1.82, 2.24) is 5.32 Å². The Morgan fingerprint density at radius 3 is 2.26 bits per heavy atom. The van der Waals surface area contributed by atoms with Crippen LogP contribution in [0.3, 0.4) is 0 Å². The number of rotatable bonds is 11. The maximum atomic E-state index is 13.4. The van der Waals surface area contributed by atoms with Crippen molar-refractivity contribution in [2.24, 2.45) is 0 Å². The van der Waals surface area contributed by atoms with Gasteiger partial charge in [0.25, 0.3) is 10.0 Å². The Labute approximate surface area is 206 Å². The van der Waals surface area contributed by atoms with E-state index in [1.807, 2.05) is 6.92 Å². The first kappa shape index (κ1) is 25.6. The summed E-state index contributed by atoms with van der Waals surface area (Å²) < 4.78 is 33.2. The predicted octanol–water partition coefficient (Wildman–Crippen LogP) is 4.56. The van der Waals surface area contributed by atoms with E-state index in [9.17, 15) is 13.2 Å². The van der Waals surface area contributed by atoms with E-state index in [1.165, 1.54) is 18.2 Å². The van der Waals surface area contributed by atoms with Gasteiger partial charge >= 0.3 is 0 Å². The molecule has 0 atom stereocenters. The first-order chi connectivity index (χ1) is 16.3. The Bertz CT molecular complexity index is 1190. The van der Waals surface area contributed by atoms with Crippen molar-refractivity contribution in [2.75, 3.05) is 30.3 Å². The molecule has 3 rings (SSSR count). The number of anilines is 1. The lowest BCUT2D eigenvalue weighted by Crippen LogP contribution is -2.41. The molecule has 34 heavy (non-hydrogen) atoms.